The molecule has 1 aromatic heterocycles. The fourth-order valence-electron chi connectivity index (χ4n) is 3.06. The first kappa shape index (κ1) is 16.2. The number of anilines is 1. The molecular weight excluding hydrogens is 286 g/mol. The van der Waals surface area contributed by atoms with Crippen molar-refractivity contribution in [3.63, 3.8) is 0 Å². The molecule has 0 aliphatic heterocycles. The van der Waals surface area contributed by atoms with Crippen molar-refractivity contribution in [3.05, 3.63) is 18.5 Å². The van der Waals surface area contributed by atoms with Crippen molar-refractivity contribution in [1.29, 1.82) is 0 Å². The lowest BCUT2D eigenvalue weighted by molar-refractivity contribution is 0.233. The second-order valence-corrected chi connectivity index (χ2v) is 7.69. The van der Waals surface area contributed by atoms with Crippen LogP contribution in [0.1, 0.15) is 39.0 Å². The van der Waals surface area contributed by atoms with Crippen LogP contribution < -0.4 is 5.32 Å². The SMILES string of the molecule is CCC1CCC(N(C)S(=O)(=O)c2cnccc2NC)CC1. The van der Waals surface area contributed by atoms with Crippen LogP contribution in [0.15, 0.2) is 23.4 Å². The predicted octanol–water partition coefficient (Wildman–Crippen LogP) is 2.71. The van der Waals surface area contributed by atoms with Gasteiger partial charge in [0.1, 0.15) is 4.90 Å². The highest BCUT2D eigenvalue weighted by Gasteiger charge is 2.32. The Morgan fingerprint density at radius 3 is 2.57 bits per heavy atom. The van der Waals surface area contributed by atoms with Crippen LogP contribution >= 0.6 is 0 Å². The molecule has 21 heavy (non-hydrogen) atoms. The molecule has 1 aliphatic carbocycles. The Bertz CT molecular complexity index is 566. The van der Waals surface area contributed by atoms with Crippen LogP contribution in [0.2, 0.25) is 0 Å². The van der Waals surface area contributed by atoms with Crippen molar-refractivity contribution in [3.8, 4) is 0 Å². The molecule has 118 valence electrons. The van der Waals surface area contributed by atoms with Crippen molar-refractivity contribution in [1.82, 2.24) is 9.29 Å². The minimum atomic E-state index is -3.50. The van der Waals surface area contributed by atoms with E-state index in [1.54, 1.807) is 26.4 Å². The minimum absolute atomic E-state index is 0.0997. The van der Waals surface area contributed by atoms with Gasteiger partial charge in [-0.3, -0.25) is 4.98 Å². The Hall–Kier alpha value is -1.14. The van der Waals surface area contributed by atoms with Gasteiger partial charge in [0.15, 0.2) is 0 Å². The highest BCUT2D eigenvalue weighted by Crippen LogP contribution is 2.32. The van der Waals surface area contributed by atoms with Crippen LogP contribution in [0.4, 0.5) is 5.69 Å². The molecule has 1 aromatic rings. The summed E-state index contributed by atoms with van der Waals surface area (Å²) in [6.45, 7) is 2.21. The normalized spacial score (nSPS) is 23.2. The average molecular weight is 311 g/mol. The Kier molecular flexibility index (Phi) is 5.22. The number of sulfonamides is 1. The van der Waals surface area contributed by atoms with Crippen LogP contribution in [-0.2, 0) is 10.0 Å². The summed E-state index contributed by atoms with van der Waals surface area (Å²) in [4.78, 5) is 4.22. The zero-order chi connectivity index (χ0) is 15.5. The molecule has 0 aromatic carbocycles. The maximum atomic E-state index is 12.8. The third kappa shape index (κ3) is 3.37. The Morgan fingerprint density at radius 2 is 2.00 bits per heavy atom. The van der Waals surface area contributed by atoms with Gasteiger partial charge in [-0.15, -0.1) is 0 Å². The Morgan fingerprint density at radius 1 is 1.33 bits per heavy atom. The van der Waals surface area contributed by atoms with Crippen LogP contribution in [0.3, 0.4) is 0 Å². The summed E-state index contributed by atoms with van der Waals surface area (Å²) in [6, 6.07) is 1.79. The van der Waals surface area contributed by atoms with Gasteiger partial charge in [0.2, 0.25) is 10.0 Å². The van der Waals surface area contributed by atoms with E-state index < -0.39 is 10.0 Å². The highest BCUT2D eigenvalue weighted by molar-refractivity contribution is 7.89. The Labute approximate surface area is 127 Å². The van der Waals surface area contributed by atoms with Crippen LogP contribution in [0.25, 0.3) is 0 Å². The van der Waals surface area contributed by atoms with Crippen molar-refractivity contribution in [2.45, 2.75) is 50.0 Å². The lowest BCUT2D eigenvalue weighted by Crippen LogP contribution is -2.39. The predicted molar refractivity (Wildman–Crippen MR) is 84.8 cm³/mol. The fraction of sp³-hybridized carbons (Fsp3) is 0.667. The van der Waals surface area contributed by atoms with Crippen molar-refractivity contribution in [2.24, 2.45) is 5.92 Å². The van der Waals surface area contributed by atoms with E-state index in [0.29, 0.717) is 5.69 Å². The van der Waals surface area contributed by atoms with Gasteiger partial charge in [-0.25, -0.2) is 8.42 Å². The van der Waals surface area contributed by atoms with Gasteiger partial charge in [-0.1, -0.05) is 13.3 Å². The number of rotatable bonds is 5. The molecule has 2 rings (SSSR count). The lowest BCUT2D eigenvalue weighted by Gasteiger charge is -2.33. The molecule has 0 saturated heterocycles. The summed E-state index contributed by atoms with van der Waals surface area (Å²) in [5.74, 6) is 0.753. The van der Waals surface area contributed by atoms with Crippen molar-refractivity contribution >= 4 is 15.7 Å². The van der Waals surface area contributed by atoms with E-state index >= 15 is 0 Å². The third-order valence-electron chi connectivity index (χ3n) is 4.62. The summed E-state index contributed by atoms with van der Waals surface area (Å²) < 4.78 is 27.2. The van der Waals surface area contributed by atoms with Crippen molar-refractivity contribution in [2.75, 3.05) is 19.4 Å². The van der Waals surface area contributed by atoms with Gasteiger partial charge >= 0.3 is 0 Å². The second-order valence-electron chi connectivity index (χ2n) is 5.73. The molecule has 0 spiro atoms. The maximum absolute atomic E-state index is 12.8. The minimum Gasteiger partial charge on any atom is -0.387 e. The molecule has 0 atom stereocenters. The van der Waals surface area contributed by atoms with E-state index in [1.807, 2.05) is 0 Å². The summed E-state index contributed by atoms with van der Waals surface area (Å²) >= 11 is 0. The van der Waals surface area contributed by atoms with Gasteiger partial charge in [-0.05, 0) is 37.7 Å². The number of aromatic nitrogens is 1. The summed E-state index contributed by atoms with van der Waals surface area (Å²) in [6.07, 6.45) is 8.34. The van der Waals surface area contributed by atoms with Crippen LogP contribution in [-0.4, -0.2) is 37.8 Å². The number of hydrogen-bond donors (Lipinski definition) is 1. The molecule has 1 N–H and O–H groups in total. The molecule has 5 nitrogen and oxygen atoms in total. The van der Waals surface area contributed by atoms with E-state index in [0.717, 1.165) is 31.6 Å². The van der Waals surface area contributed by atoms with E-state index in [2.05, 4.69) is 17.2 Å². The van der Waals surface area contributed by atoms with Gasteiger partial charge in [0.25, 0.3) is 0 Å². The number of nitrogens with one attached hydrogen (secondary N) is 1. The lowest BCUT2D eigenvalue weighted by atomic mass is 9.85. The maximum Gasteiger partial charge on any atom is 0.246 e. The van der Waals surface area contributed by atoms with Gasteiger partial charge in [-0.2, -0.15) is 4.31 Å². The molecule has 0 unspecified atom stereocenters. The zero-order valence-corrected chi connectivity index (χ0v) is 13.9. The monoisotopic (exact) mass is 311 g/mol. The summed E-state index contributed by atoms with van der Waals surface area (Å²) in [5, 5.41) is 2.93. The van der Waals surface area contributed by atoms with E-state index in [9.17, 15) is 8.42 Å². The van der Waals surface area contributed by atoms with Gasteiger partial charge < -0.3 is 5.32 Å². The van der Waals surface area contributed by atoms with E-state index in [1.165, 1.54) is 16.9 Å². The topological polar surface area (TPSA) is 62.3 Å². The van der Waals surface area contributed by atoms with E-state index in [-0.39, 0.29) is 10.9 Å². The molecule has 0 radical (unpaired) electrons. The van der Waals surface area contributed by atoms with Crippen LogP contribution in [0, 0.1) is 5.92 Å². The van der Waals surface area contributed by atoms with Crippen LogP contribution in [0.5, 0.6) is 0 Å². The zero-order valence-electron chi connectivity index (χ0n) is 13.0. The standard InChI is InChI=1S/C15H25N3O2S/c1-4-12-5-7-13(8-6-12)18(3)21(19,20)15-11-17-10-9-14(15)16-2/h9-13H,4-8H2,1-3H3,(H,16,17). The van der Waals surface area contributed by atoms with Gasteiger partial charge in [0, 0.05) is 32.5 Å². The second kappa shape index (κ2) is 6.75. The summed E-state index contributed by atoms with van der Waals surface area (Å²) in [7, 11) is -0.0810. The molecule has 1 aliphatic rings. The molecular formula is C15H25N3O2S. The Balaban J connectivity index is 2.19. The molecule has 1 heterocycles. The largest absolute Gasteiger partial charge is 0.387 e. The highest BCUT2D eigenvalue weighted by atomic mass is 32.2. The number of hydrogen-bond acceptors (Lipinski definition) is 4. The first-order chi connectivity index (χ1) is 10.0. The number of pyridine rings is 1. The first-order valence-electron chi connectivity index (χ1n) is 7.60. The van der Waals surface area contributed by atoms with Gasteiger partial charge in [0.05, 0.1) is 5.69 Å². The summed E-state index contributed by atoms with van der Waals surface area (Å²) in [5.41, 5.74) is 0.596. The fourth-order valence-corrected chi connectivity index (χ4v) is 4.62. The number of nitrogens with zero attached hydrogens (tertiary/aromatic N) is 2. The third-order valence-corrected chi connectivity index (χ3v) is 6.56. The first-order valence-corrected chi connectivity index (χ1v) is 9.04. The van der Waals surface area contributed by atoms with E-state index in [4.69, 9.17) is 0 Å². The molecule has 0 bridgehead atoms. The molecule has 6 heteroatoms. The smallest absolute Gasteiger partial charge is 0.246 e. The van der Waals surface area contributed by atoms with Crippen molar-refractivity contribution < 1.29 is 8.42 Å². The molecule has 0 amide bonds. The quantitative estimate of drug-likeness (QED) is 0.908. The molecule has 1 saturated carbocycles. The molecule has 1 fully saturated rings. The average Bonchev–Trinajstić information content (AvgIpc) is 2.54.